The van der Waals surface area contributed by atoms with E-state index in [4.69, 9.17) is 27.9 Å². The minimum absolute atomic E-state index is 0.0687. The fourth-order valence-corrected chi connectivity index (χ4v) is 4.20. The SMILES string of the molecule is O=C1CO[C@@H](c2ccc(Cl)cc2)[C@@H](c2ccc(Cl)cc2)N1[C@H](CO)c1ccccc1. The van der Waals surface area contributed by atoms with Crippen LogP contribution >= 0.6 is 23.2 Å². The van der Waals surface area contributed by atoms with Crippen LogP contribution < -0.4 is 0 Å². The van der Waals surface area contributed by atoms with Crippen LogP contribution in [0.5, 0.6) is 0 Å². The van der Waals surface area contributed by atoms with Gasteiger partial charge >= 0.3 is 0 Å². The Morgan fingerprint density at radius 1 is 0.900 bits per heavy atom. The number of carbonyl (C=O) groups excluding carboxylic acids is 1. The number of nitrogens with zero attached hydrogens (tertiary/aromatic N) is 1. The van der Waals surface area contributed by atoms with E-state index in [1.807, 2.05) is 54.6 Å². The van der Waals surface area contributed by atoms with Crippen LogP contribution in [-0.2, 0) is 9.53 Å². The summed E-state index contributed by atoms with van der Waals surface area (Å²) in [6.07, 6.45) is -0.418. The monoisotopic (exact) mass is 441 g/mol. The number of hydrogen-bond acceptors (Lipinski definition) is 3. The van der Waals surface area contributed by atoms with Gasteiger partial charge in [-0.2, -0.15) is 0 Å². The summed E-state index contributed by atoms with van der Waals surface area (Å²) in [7, 11) is 0. The molecule has 0 aromatic heterocycles. The average Bonchev–Trinajstić information content (AvgIpc) is 2.77. The first-order chi connectivity index (χ1) is 14.6. The molecule has 6 heteroatoms. The molecule has 154 valence electrons. The smallest absolute Gasteiger partial charge is 0.249 e. The van der Waals surface area contributed by atoms with E-state index in [-0.39, 0.29) is 19.1 Å². The second-order valence-electron chi connectivity index (χ2n) is 7.19. The molecule has 0 radical (unpaired) electrons. The maximum Gasteiger partial charge on any atom is 0.249 e. The maximum atomic E-state index is 13.1. The topological polar surface area (TPSA) is 49.8 Å². The molecular weight excluding hydrogens is 421 g/mol. The van der Waals surface area contributed by atoms with Gasteiger partial charge in [0.15, 0.2) is 0 Å². The van der Waals surface area contributed by atoms with Crippen LogP contribution in [0.3, 0.4) is 0 Å². The summed E-state index contributed by atoms with van der Waals surface area (Å²) in [6.45, 7) is -0.270. The lowest BCUT2D eigenvalue weighted by Crippen LogP contribution is -2.48. The van der Waals surface area contributed by atoms with Gasteiger partial charge in [-0.05, 0) is 41.0 Å². The third-order valence-corrected chi connectivity index (χ3v) is 5.87. The molecule has 1 fully saturated rings. The quantitative estimate of drug-likeness (QED) is 0.578. The molecule has 3 aromatic rings. The highest BCUT2D eigenvalue weighted by Crippen LogP contribution is 2.44. The lowest BCUT2D eigenvalue weighted by atomic mass is 9.90. The molecular formula is C24H21Cl2NO3. The van der Waals surface area contributed by atoms with E-state index >= 15 is 0 Å². The lowest BCUT2D eigenvalue weighted by Gasteiger charge is -2.45. The summed E-state index contributed by atoms with van der Waals surface area (Å²) in [5.41, 5.74) is 2.65. The van der Waals surface area contributed by atoms with E-state index in [1.165, 1.54) is 0 Å². The van der Waals surface area contributed by atoms with E-state index in [2.05, 4.69) is 0 Å². The molecule has 4 nitrogen and oxygen atoms in total. The predicted octanol–water partition coefficient (Wildman–Crippen LogP) is 5.37. The summed E-state index contributed by atoms with van der Waals surface area (Å²) in [5.74, 6) is -0.178. The van der Waals surface area contributed by atoms with E-state index in [1.54, 1.807) is 29.2 Å². The van der Waals surface area contributed by atoms with Crippen molar-refractivity contribution in [1.29, 1.82) is 0 Å². The number of ether oxygens (including phenoxy) is 1. The molecule has 3 atom stereocenters. The zero-order chi connectivity index (χ0) is 21.1. The highest BCUT2D eigenvalue weighted by Gasteiger charge is 2.42. The zero-order valence-electron chi connectivity index (χ0n) is 16.1. The maximum absolute atomic E-state index is 13.1. The van der Waals surface area contributed by atoms with Crippen LogP contribution in [0.25, 0.3) is 0 Å². The molecule has 0 aliphatic carbocycles. The first kappa shape index (κ1) is 20.9. The van der Waals surface area contributed by atoms with Crippen LogP contribution in [0.2, 0.25) is 10.0 Å². The van der Waals surface area contributed by atoms with E-state index < -0.39 is 18.2 Å². The van der Waals surface area contributed by atoms with Gasteiger partial charge in [-0.3, -0.25) is 4.79 Å². The normalized spacial score (nSPS) is 20.2. The minimum atomic E-state index is -0.502. The molecule has 0 bridgehead atoms. The molecule has 1 amide bonds. The Balaban J connectivity index is 1.83. The van der Waals surface area contributed by atoms with Crippen LogP contribution in [0.15, 0.2) is 78.9 Å². The molecule has 1 saturated heterocycles. The van der Waals surface area contributed by atoms with E-state index in [0.717, 1.165) is 16.7 Å². The number of carbonyl (C=O) groups is 1. The van der Waals surface area contributed by atoms with Crippen molar-refractivity contribution in [2.45, 2.75) is 18.2 Å². The second-order valence-corrected chi connectivity index (χ2v) is 8.06. The summed E-state index contributed by atoms with van der Waals surface area (Å²) >= 11 is 12.2. The Hall–Kier alpha value is -2.37. The first-order valence-corrected chi connectivity index (χ1v) is 10.4. The van der Waals surface area contributed by atoms with Crippen molar-refractivity contribution in [1.82, 2.24) is 4.90 Å². The fraction of sp³-hybridized carbons (Fsp3) is 0.208. The van der Waals surface area contributed by atoms with Gasteiger partial charge in [-0.1, -0.05) is 77.8 Å². The Kier molecular flexibility index (Phi) is 6.40. The van der Waals surface area contributed by atoms with Gasteiger partial charge in [-0.15, -0.1) is 0 Å². The molecule has 1 aliphatic rings. The van der Waals surface area contributed by atoms with Gasteiger partial charge < -0.3 is 14.7 Å². The summed E-state index contributed by atoms with van der Waals surface area (Å²) in [6, 6.07) is 23.4. The number of benzene rings is 3. The molecule has 1 heterocycles. The summed E-state index contributed by atoms with van der Waals surface area (Å²) < 4.78 is 6.03. The van der Waals surface area contributed by atoms with Crippen molar-refractivity contribution in [3.05, 3.63) is 106 Å². The second kappa shape index (κ2) is 9.19. The molecule has 30 heavy (non-hydrogen) atoms. The highest BCUT2D eigenvalue weighted by molar-refractivity contribution is 6.30. The molecule has 3 aromatic carbocycles. The lowest BCUT2D eigenvalue weighted by molar-refractivity contribution is -0.165. The van der Waals surface area contributed by atoms with E-state index in [9.17, 15) is 9.90 Å². The van der Waals surface area contributed by atoms with Crippen molar-refractivity contribution in [3.8, 4) is 0 Å². The molecule has 0 saturated carbocycles. The van der Waals surface area contributed by atoms with Gasteiger partial charge in [0.05, 0.1) is 18.7 Å². The van der Waals surface area contributed by atoms with Crippen LogP contribution in [0, 0.1) is 0 Å². The summed E-state index contributed by atoms with van der Waals surface area (Å²) in [5, 5.41) is 11.5. The van der Waals surface area contributed by atoms with Crippen molar-refractivity contribution in [2.24, 2.45) is 0 Å². The number of aliphatic hydroxyl groups is 1. The van der Waals surface area contributed by atoms with Crippen molar-refractivity contribution in [2.75, 3.05) is 13.2 Å². The number of aliphatic hydroxyl groups excluding tert-OH is 1. The molecule has 4 rings (SSSR count). The van der Waals surface area contributed by atoms with E-state index in [0.29, 0.717) is 10.0 Å². The third kappa shape index (κ3) is 4.23. The van der Waals surface area contributed by atoms with Crippen molar-refractivity contribution in [3.63, 3.8) is 0 Å². The minimum Gasteiger partial charge on any atom is -0.394 e. The number of hydrogen-bond donors (Lipinski definition) is 1. The van der Waals surface area contributed by atoms with Crippen LogP contribution in [0.4, 0.5) is 0 Å². The zero-order valence-corrected chi connectivity index (χ0v) is 17.6. The van der Waals surface area contributed by atoms with Gasteiger partial charge in [-0.25, -0.2) is 0 Å². The summed E-state index contributed by atoms with van der Waals surface area (Å²) in [4.78, 5) is 14.8. The molecule has 1 N–H and O–H groups in total. The van der Waals surface area contributed by atoms with Crippen molar-refractivity contribution < 1.29 is 14.6 Å². The fourth-order valence-electron chi connectivity index (χ4n) is 3.95. The van der Waals surface area contributed by atoms with Crippen LogP contribution in [0.1, 0.15) is 34.9 Å². The Labute approximate surface area is 185 Å². The Morgan fingerprint density at radius 3 is 2.03 bits per heavy atom. The first-order valence-electron chi connectivity index (χ1n) is 9.68. The number of morpholine rings is 1. The largest absolute Gasteiger partial charge is 0.394 e. The number of amides is 1. The van der Waals surface area contributed by atoms with Gasteiger partial charge in [0.2, 0.25) is 5.91 Å². The molecule has 0 unspecified atom stereocenters. The predicted molar refractivity (Wildman–Crippen MR) is 117 cm³/mol. The average molecular weight is 442 g/mol. The molecule has 0 spiro atoms. The van der Waals surface area contributed by atoms with Gasteiger partial charge in [0, 0.05) is 10.0 Å². The van der Waals surface area contributed by atoms with Crippen molar-refractivity contribution >= 4 is 29.1 Å². The standard InChI is InChI=1S/C24H21Cl2NO3/c25-19-10-6-17(7-11-19)23-24(18-8-12-20(26)13-9-18)30-15-22(29)27(23)21(14-28)16-4-2-1-3-5-16/h1-13,21,23-24,28H,14-15H2/t21-,23-,24+/m1/s1. The highest BCUT2D eigenvalue weighted by atomic mass is 35.5. The number of halogens is 2. The molecule has 1 aliphatic heterocycles. The Bertz CT molecular complexity index is 993. The van der Waals surface area contributed by atoms with Gasteiger partial charge in [0.1, 0.15) is 12.7 Å². The van der Waals surface area contributed by atoms with Crippen LogP contribution in [-0.4, -0.2) is 29.1 Å². The Morgan fingerprint density at radius 2 is 1.47 bits per heavy atom. The van der Waals surface area contributed by atoms with Gasteiger partial charge in [0.25, 0.3) is 0 Å². The third-order valence-electron chi connectivity index (χ3n) is 5.36. The number of rotatable bonds is 5.